The SMILES string of the molecule is Nc1ccc2cccnc2c1.O=CO. The molecule has 0 atom stereocenters. The standard InChI is InChI=1S/C9H8N2.CH2O2/c10-8-4-3-7-2-1-5-11-9(7)6-8;2-1-3/h1-6H,10H2;1H,(H,2,3). The molecule has 4 nitrogen and oxygen atoms in total. The van der Waals surface area contributed by atoms with Gasteiger partial charge in [-0.25, -0.2) is 0 Å². The minimum absolute atomic E-state index is 0.250. The summed E-state index contributed by atoms with van der Waals surface area (Å²) in [6.07, 6.45) is 1.77. The van der Waals surface area contributed by atoms with Crippen LogP contribution in [0.15, 0.2) is 36.5 Å². The molecule has 0 fully saturated rings. The van der Waals surface area contributed by atoms with Crippen LogP contribution in [-0.2, 0) is 4.79 Å². The average molecular weight is 190 g/mol. The lowest BCUT2D eigenvalue weighted by atomic mass is 10.2. The van der Waals surface area contributed by atoms with Crippen LogP contribution in [-0.4, -0.2) is 16.6 Å². The second-order valence-corrected chi connectivity index (χ2v) is 2.56. The van der Waals surface area contributed by atoms with Crippen molar-refractivity contribution in [1.82, 2.24) is 4.98 Å². The van der Waals surface area contributed by atoms with Crippen LogP contribution in [0.1, 0.15) is 0 Å². The monoisotopic (exact) mass is 190 g/mol. The molecule has 0 amide bonds. The number of anilines is 1. The van der Waals surface area contributed by atoms with E-state index in [1.165, 1.54) is 0 Å². The van der Waals surface area contributed by atoms with Crippen molar-refractivity contribution in [3.8, 4) is 0 Å². The third kappa shape index (κ3) is 2.45. The van der Waals surface area contributed by atoms with E-state index in [1.807, 2.05) is 30.3 Å². The van der Waals surface area contributed by atoms with E-state index in [1.54, 1.807) is 6.20 Å². The van der Waals surface area contributed by atoms with Crippen LogP contribution in [0.2, 0.25) is 0 Å². The van der Waals surface area contributed by atoms with Gasteiger partial charge in [0.25, 0.3) is 6.47 Å². The zero-order valence-corrected chi connectivity index (χ0v) is 7.42. The van der Waals surface area contributed by atoms with Crippen LogP contribution < -0.4 is 5.73 Å². The molecule has 0 unspecified atom stereocenters. The van der Waals surface area contributed by atoms with Crippen molar-refractivity contribution in [3.05, 3.63) is 36.5 Å². The number of carbonyl (C=O) groups is 1. The van der Waals surface area contributed by atoms with Gasteiger partial charge >= 0.3 is 0 Å². The quantitative estimate of drug-likeness (QED) is 0.487. The van der Waals surface area contributed by atoms with Gasteiger partial charge in [-0.05, 0) is 18.2 Å². The third-order valence-corrected chi connectivity index (χ3v) is 1.63. The van der Waals surface area contributed by atoms with Crippen molar-refractivity contribution in [2.75, 3.05) is 5.73 Å². The first-order valence-corrected chi connectivity index (χ1v) is 3.96. The summed E-state index contributed by atoms with van der Waals surface area (Å²) in [7, 11) is 0. The number of nitrogen functional groups attached to an aromatic ring is 1. The van der Waals surface area contributed by atoms with Gasteiger partial charge < -0.3 is 10.8 Å². The summed E-state index contributed by atoms with van der Waals surface area (Å²) < 4.78 is 0. The number of hydrogen-bond acceptors (Lipinski definition) is 3. The molecule has 0 spiro atoms. The Morgan fingerprint density at radius 3 is 2.79 bits per heavy atom. The molecule has 14 heavy (non-hydrogen) atoms. The first-order valence-electron chi connectivity index (χ1n) is 3.96. The Kier molecular flexibility index (Phi) is 3.43. The molecule has 0 bridgehead atoms. The topological polar surface area (TPSA) is 76.2 Å². The number of carboxylic acid groups (broad SMARTS) is 1. The molecular formula is C10H10N2O2. The zero-order chi connectivity index (χ0) is 10.4. The van der Waals surface area contributed by atoms with E-state index in [9.17, 15) is 0 Å². The predicted molar refractivity (Wildman–Crippen MR) is 54.8 cm³/mol. The summed E-state index contributed by atoms with van der Waals surface area (Å²) in [5.41, 5.74) is 7.30. The number of hydrogen-bond donors (Lipinski definition) is 2. The summed E-state index contributed by atoms with van der Waals surface area (Å²) in [5, 5.41) is 8.02. The Bertz CT molecular complexity index is 429. The van der Waals surface area contributed by atoms with Crippen LogP contribution in [0.25, 0.3) is 10.9 Å². The minimum atomic E-state index is -0.250. The van der Waals surface area contributed by atoms with Crippen LogP contribution in [0.3, 0.4) is 0 Å². The molecule has 0 aliphatic heterocycles. The molecule has 0 radical (unpaired) electrons. The van der Waals surface area contributed by atoms with E-state index >= 15 is 0 Å². The third-order valence-electron chi connectivity index (χ3n) is 1.63. The number of fused-ring (bicyclic) bond motifs is 1. The second kappa shape index (κ2) is 4.81. The maximum atomic E-state index is 8.36. The molecular weight excluding hydrogens is 180 g/mol. The number of pyridine rings is 1. The highest BCUT2D eigenvalue weighted by Gasteiger charge is 1.91. The lowest BCUT2D eigenvalue weighted by Crippen LogP contribution is -1.84. The molecule has 72 valence electrons. The van der Waals surface area contributed by atoms with Gasteiger partial charge in [-0.2, -0.15) is 0 Å². The summed E-state index contributed by atoms with van der Waals surface area (Å²) >= 11 is 0. The van der Waals surface area contributed by atoms with Gasteiger partial charge in [-0.1, -0.05) is 12.1 Å². The van der Waals surface area contributed by atoms with E-state index in [4.69, 9.17) is 15.6 Å². The summed E-state index contributed by atoms with van der Waals surface area (Å²) in [6, 6.07) is 9.65. The highest BCUT2D eigenvalue weighted by atomic mass is 16.3. The van der Waals surface area contributed by atoms with E-state index in [-0.39, 0.29) is 6.47 Å². The maximum absolute atomic E-state index is 8.36. The molecule has 1 aromatic carbocycles. The summed E-state index contributed by atoms with van der Waals surface area (Å²) in [5.74, 6) is 0. The predicted octanol–water partition coefficient (Wildman–Crippen LogP) is 1.52. The fourth-order valence-electron chi connectivity index (χ4n) is 1.08. The normalized spacial score (nSPS) is 8.86. The number of aromatic nitrogens is 1. The summed E-state index contributed by atoms with van der Waals surface area (Å²) in [4.78, 5) is 12.5. The highest BCUT2D eigenvalue weighted by Crippen LogP contribution is 2.13. The molecule has 0 saturated heterocycles. The number of benzene rings is 1. The molecule has 4 heteroatoms. The van der Waals surface area contributed by atoms with E-state index in [0.717, 1.165) is 16.6 Å². The first kappa shape index (κ1) is 9.98. The van der Waals surface area contributed by atoms with Crippen molar-refractivity contribution >= 4 is 23.1 Å². The van der Waals surface area contributed by atoms with Crippen molar-refractivity contribution in [3.63, 3.8) is 0 Å². The number of rotatable bonds is 0. The molecule has 2 aromatic rings. The van der Waals surface area contributed by atoms with Crippen LogP contribution in [0, 0.1) is 0 Å². The first-order chi connectivity index (χ1) is 6.77. The number of nitrogens with two attached hydrogens (primary N) is 1. The Labute approximate surface area is 81.0 Å². The van der Waals surface area contributed by atoms with Crippen molar-refractivity contribution in [2.24, 2.45) is 0 Å². The molecule has 1 heterocycles. The summed E-state index contributed by atoms with van der Waals surface area (Å²) in [6.45, 7) is -0.250. The molecule has 0 aliphatic carbocycles. The van der Waals surface area contributed by atoms with Crippen molar-refractivity contribution in [2.45, 2.75) is 0 Å². The average Bonchev–Trinajstić information content (AvgIpc) is 2.19. The molecule has 0 saturated carbocycles. The maximum Gasteiger partial charge on any atom is 0.290 e. The Morgan fingerprint density at radius 2 is 2.07 bits per heavy atom. The zero-order valence-electron chi connectivity index (χ0n) is 7.42. The van der Waals surface area contributed by atoms with Gasteiger partial charge in [0, 0.05) is 17.3 Å². The number of nitrogens with zero attached hydrogens (tertiary/aromatic N) is 1. The lowest BCUT2D eigenvalue weighted by molar-refractivity contribution is -0.122. The smallest absolute Gasteiger partial charge is 0.290 e. The van der Waals surface area contributed by atoms with Gasteiger partial charge in [0.15, 0.2) is 0 Å². The van der Waals surface area contributed by atoms with E-state index in [2.05, 4.69) is 4.98 Å². The van der Waals surface area contributed by atoms with Crippen LogP contribution in [0.5, 0.6) is 0 Å². The Balaban J connectivity index is 0.000000293. The van der Waals surface area contributed by atoms with Crippen molar-refractivity contribution < 1.29 is 9.90 Å². The van der Waals surface area contributed by atoms with Gasteiger partial charge in [-0.3, -0.25) is 9.78 Å². The van der Waals surface area contributed by atoms with Gasteiger partial charge in [0.1, 0.15) is 0 Å². The molecule has 3 N–H and O–H groups in total. The second-order valence-electron chi connectivity index (χ2n) is 2.56. The minimum Gasteiger partial charge on any atom is -0.483 e. The Hall–Kier alpha value is -2.10. The van der Waals surface area contributed by atoms with Crippen LogP contribution in [0.4, 0.5) is 5.69 Å². The largest absolute Gasteiger partial charge is 0.483 e. The molecule has 2 rings (SSSR count). The van der Waals surface area contributed by atoms with Gasteiger partial charge in [0.05, 0.1) is 5.52 Å². The van der Waals surface area contributed by atoms with Crippen molar-refractivity contribution in [1.29, 1.82) is 0 Å². The van der Waals surface area contributed by atoms with E-state index in [0.29, 0.717) is 0 Å². The van der Waals surface area contributed by atoms with Gasteiger partial charge in [-0.15, -0.1) is 0 Å². The lowest BCUT2D eigenvalue weighted by Gasteiger charge is -1.95. The molecule has 1 aromatic heterocycles. The van der Waals surface area contributed by atoms with E-state index < -0.39 is 0 Å². The fraction of sp³-hybridized carbons (Fsp3) is 0. The Morgan fingerprint density at radius 1 is 1.36 bits per heavy atom. The highest BCUT2D eigenvalue weighted by molar-refractivity contribution is 5.81. The fourth-order valence-corrected chi connectivity index (χ4v) is 1.08. The van der Waals surface area contributed by atoms with Crippen LogP contribution >= 0.6 is 0 Å². The van der Waals surface area contributed by atoms with Gasteiger partial charge in [0.2, 0.25) is 0 Å². The molecule has 0 aliphatic rings.